The van der Waals surface area contributed by atoms with Gasteiger partial charge in [-0.15, -0.1) is 5.10 Å². The van der Waals surface area contributed by atoms with Gasteiger partial charge in [-0.25, -0.2) is 0 Å². The number of hydrogen-bond acceptors (Lipinski definition) is 5. The fraction of sp³-hybridized carbons (Fsp3) is 0.727. The van der Waals surface area contributed by atoms with Gasteiger partial charge < -0.3 is 10.2 Å². The first kappa shape index (κ1) is 11.1. The second kappa shape index (κ2) is 4.03. The van der Waals surface area contributed by atoms with Crippen LogP contribution in [0.3, 0.4) is 0 Å². The Morgan fingerprint density at radius 3 is 3.06 bits per heavy atom. The Morgan fingerprint density at radius 2 is 2.35 bits per heavy atom. The molecule has 2 saturated heterocycles. The highest BCUT2D eigenvalue weighted by molar-refractivity contribution is 7.07. The Bertz CT molecular complexity index is 446. The van der Waals surface area contributed by atoms with E-state index in [1.165, 1.54) is 11.5 Å². The molecule has 2 aliphatic heterocycles. The van der Waals surface area contributed by atoms with Gasteiger partial charge in [-0.05, 0) is 37.7 Å². The fourth-order valence-corrected chi connectivity index (χ4v) is 3.66. The van der Waals surface area contributed by atoms with Crippen molar-refractivity contribution in [3.8, 4) is 0 Å². The molecular weight excluding hydrogens is 236 g/mol. The third kappa shape index (κ3) is 1.66. The van der Waals surface area contributed by atoms with Crippen LogP contribution in [-0.4, -0.2) is 45.6 Å². The van der Waals surface area contributed by atoms with Crippen LogP contribution in [0.1, 0.15) is 28.7 Å². The maximum atomic E-state index is 12.5. The van der Waals surface area contributed by atoms with Crippen molar-refractivity contribution in [3.63, 3.8) is 0 Å². The van der Waals surface area contributed by atoms with Gasteiger partial charge in [0.1, 0.15) is 4.88 Å². The van der Waals surface area contributed by atoms with Gasteiger partial charge >= 0.3 is 0 Å². The Balaban J connectivity index is 1.88. The van der Waals surface area contributed by atoms with Gasteiger partial charge in [0.2, 0.25) is 0 Å². The van der Waals surface area contributed by atoms with Crippen molar-refractivity contribution >= 4 is 17.4 Å². The first-order valence-electron chi connectivity index (χ1n) is 6.01. The number of nitrogens with one attached hydrogen (secondary N) is 1. The summed E-state index contributed by atoms with van der Waals surface area (Å²) < 4.78 is 3.85. The summed E-state index contributed by atoms with van der Waals surface area (Å²) in [5, 5.41) is 7.29. The van der Waals surface area contributed by atoms with Crippen molar-refractivity contribution in [1.29, 1.82) is 0 Å². The number of aromatic nitrogens is 2. The predicted octanol–water partition coefficient (Wildman–Crippen LogP) is 0.669. The van der Waals surface area contributed by atoms with E-state index in [-0.39, 0.29) is 5.91 Å². The van der Waals surface area contributed by atoms with E-state index in [9.17, 15) is 4.79 Å². The summed E-state index contributed by atoms with van der Waals surface area (Å²) >= 11 is 1.21. The van der Waals surface area contributed by atoms with Gasteiger partial charge in [0.05, 0.1) is 5.69 Å². The Morgan fingerprint density at radius 1 is 1.53 bits per heavy atom. The summed E-state index contributed by atoms with van der Waals surface area (Å²) in [4.78, 5) is 15.2. The topological polar surface area (TPSA) is 58.1 Å². The third-order valence-corrected chi connectivity index (χ3v) is 4.68. The largest absolute Gasteiger partial charge is 0.331 e. The van der Waals surface area contributed by atoms with Crippen molar-refractivity contribution < 1.29 is 4.79 Å². The van der Waals surface area contributed by atoms with Crippen LogP contribution in [0.5, 0.6) is 0 Å². The van der Waals surface area contributed by atoms with Gasteiger partial charge in [0.25, 0.3) is 5.91 Å². The summed E-state index contributed by atoms with van der Waals surface area (Å²) in [5.74, 6) is 0.733. The van der Waals surface area contributed by atoms with E-state index < -0.39 is 0 Å². The van der Waals surface area contributed by atoms with Crippen LogP contribution in [0.15, 0.2) is 0 Å². The number of nitrogens with zero attached hydrogens (tertiary/aromatic N) is 3. The molecule has 0 bridgehead atoms. The Hall–Kier alpha value is -1.01. The molecule has 0 saturated carbocycles. The lowest BCUT2D eigenvalue weighted by atomic mass is 10.0. The molecule has 3 rings (SSSR count). The molecule has 2 aliphatic rings. The molecule has 0 radical (unpaired) electrons. The van der Waals surface area contributed by atoms with Crippen LogP contribution < -0.4 is 5.32 Å². The summed E-state index contributed by atoms with van der Waals surface area (Å²) in [6.07, 6.45) is 1.11. The number of hydrogen-bond donors (Lipinski definition) is 1. The number of carbonyl (C=O) groups excluding carboxylic acids is 1. The van der Waals surface area contributed by atoms with E-state index >= 15 is 0 Å². The molecule has 0 aromatic carbocycles. The molecular formula is C11H16N4OS. The van der Waals surface area contributed by atoms with Crippen LogP contribution in [0.25, 0.3) is 0 Å². The lowest BCUT2D eigenvalue weighted by molar-refractivity contribution is 0.0686. The number of likely N-dealkylation sites (tertiary alicyclic amines) is 1. The average Bonchev–Trinajstić information content (AvgIpc) is 2.92. The number of amides is 1. The number of rotatable bonds is 1. The normalized spacial score (nSPS) is 31.9. The molecule has 0 spiro atoms. The second-order valence-electron chi connectivity index (χ2n) is 4.97. The van der Waals surface area contributed by atoms with E-state index in [0.717, 1.165) is 25.2 Å². The minimum absolute atomic E-state index is 0.112. The number of fused-ring (bicyclic) bond motifs is 1. The summed E-state index contributed by atoms with van der Waals surface area (Å²) in [7, 11) is 0. The monoisotopic (exact) mass is 252 g/mol. The van der Waals surface area contributed by atoms with Crippen molar-refractivity contribution in [3.05, 3.63) is 10.6 Å². The molecule has 1 amide bonds. The highest BCUT2D eigenvalue weighted by Gasteiger charge is 2.44. The van der Waals surface area contributed by atoms with Gasteiger partial charge in [-0.2, -0.15) is 0 Å². The molecule has 3 heterocycles. The van der Waals surface area contributed by atoms with Gasteiger partial charge in [0, 0.05) is 25.2 Å². The van der Waals surface area contributed by atoms with E-state index in [2.05, 4.69) is 21.8 Å². The van der Waals surface area contributed by atoms with Crippen molar-refractivity contribution in [1.82, 2.24) is 19.8 Å². The molecule has 17 heavy (non-hydrogen) atoms. The SMILES string of the molecule is Cc1nnsc1C(=O)N1C(C)CC2CNCC21. The van der Waals surface area contributed by atoms with E-state index in [1.807, 2.05) is 11.8 Å². The van der Waals surface area contributed by atoms with Crippen LogP contribution in [0.4, 0.5) is 0 Å². The molecule has 1 aromatic heterocycles. The minimum Gasteiger partial charge on any atom is -0.331 e. The third-order valence-electron chi connectivity index (χ3n) is 3.86. The van der Waals surface area contributed by atoms with Crippen LogP contribution in [0.2, 0.25) is 0 Å². The van der Waals surface area contributed by atoms with E-state index in [1.54, 1.807) is 0 Å². The summed E-state index contributed by atoms with van der Waals surface area (Å²) in [5.41, 5.74) is 0.751. The predicted molar refractivity (Wildman–Crippen MR) is 65.0 cm³/mol. The highest BCUT2D eigenvalue weighted by atomic mass is 32.1. The van der Waals surface area contributed by atoms with Gasteiger partial charge in [0.15, 0.2) is 0 Å². The van der Waals surface area contributed by atoms with Crippen LogP contribution >= 0.6 is 11.5 Å². The van der Waals surface area contributed by atoms with Crippen molar-refractivity contribution in [2.75, 3.05) is 13.1 Å². The van der Waals surface area contributed by atoms with Gasteiger partial charge in [-0.3, -0.25) is 4.79 Å². The molecule has 3 unspecified atom stereocenters. The number of aryl methyl sites for hydroxylation is 1. The maximum Gasteiger partial charge on any atom is 0.268 e. The van der Waals surface area contributed by atoms with Gasteiger partial charge in [-0.1, -0.05) is 4.49 Å². The van der Waals surface area contributed by atoms with E-state index in [0.29, 0.717) is 22.9 Å². The highest BCUT2D eigenvalue weighted by Crippen LogP contribution is 2.33. The average molecular weight is 252 g/mol. The van der Waals surface area contributed by atoms with E-state index in [4.69, 9.17) is 0 Å². The lowest BCUT2D eigenvalue weighted by Crippen LogP contribution is -2.42. The Labute approximate surface area is 104 Å². The quantitative estimate of drug-likeness (QED) is 0.798. The molecule has 3 atom stereocenters. The summed E-state index contributed by atoms with van der Waals surface area (Å²) in [6.45, 7) is 5.95. The van der Waals surface area contributed by atoms with Crippen LogP contribution in [0, 0.1) is 12.8 Å². The Kier molecular flexibility index (Phi) is 2.63. The smallest absolute Gasteiger partial charge is 0.268 e. The van der Waals surface area contributed by atoms with Crippen molar-refractivity contribution in [2.45, 2.75) is 32.4 Å². The van der Waals surface area contributed by atoms with Crippen LogP contribution in [-0.2, 0) is 0 Å². The zero-order valence-electron chi connectivity index (χ0n) is 10.0. The number of carbonyl (C=O) groups is 1. The fourth-order valence-electron chi connectivity index (χ4n) is 3.06. The molecule has 0 aliphatic carbocycles. The molecule has 2 fully saturated rings. The molecule has 1 N–H and O–H groups in total. The second-order valence-corrected chi connectivity index (χ2v) is 5.72. The maximum absolute atomic E-state index is 12.5. The zero-order chi connectivity index (χ0) is 12.0. The molecule has 6 heteroatoms. The first-order chi connectivity index (χ1) is 8.18. The summed E-state index contributed by atoms with van der Waals surface area (Å²) in [6, 6.07) is 0.695. The zero-order valence-corrected chi connectivity index (χ0v) is 10.8. The van der Waals surface area contributed by atoms with Crippen molar-refractivity contribution in [2.24, 2.45) is 5.92 Å². The first-order valence-corrected chi connectivity index (χ1v) is 6.78. The molecule has 5 nitrogen and oxygen atoms in total. The molecule has 1 aromatic rings. The minimum atomic E-state index is 0.112. The standard InChI is InChI=1S/C11H16N4OS/c1-6-3-8-4-12-5-9(8)15(6)11(16)10-7(2)13-14-17-10/h6,8-9,12H,3-5H2,1-2H3. The lowest BCUT2D eigenvalue weighted by Gasteiger charge is -2.27. The molecule has 92 valence electrons.